The standard InChI is InChI=1S/C16H16N2O5S2/c1-10-16(9-15(24-10)13-6-7-17-23-13)25(19,20)18-12-5-4-11(21-2)8-14(12)22-3/h4-9,18H,1-3H3. The molecule has 0 bridgehead atoms. The fourth-order valence-corrected chi connectivity index (χ4v) is 4.90. The largest absolute Gasteiger partial charge is 0.497 e. The highest BCUT2D eigenvalue weighted by Gasteiger charge is 2.23. The van der Waals surface area contributed by atoms with Crippen LogP contribution in [0.1, 0.15) is 4.88 Å². The third-order valence-corrected chi connectivity index (χ3v) is 6.18. The zero-order chi connectivity index (χ0) is 18.0. The van der Waals surface area contributed by atoms with Crippen LogP contribution in [0.15, 0.2) is 45.9 Å². The number of nitrogens with zero attached hydrogens (tertiary/aromatic N) is 1. The third-order valence-electron chi connectivity index (χ3n) is 3.50. The number of nitrogens with one attached hydrogen (secondary N) is 1. The van der Waals surface area contributed by atoms with Gasteiger partial charge in [0, 0.05) is 17.0 Å². The monoisotopic (exact) mass is 380 g/mol. The first kappa shape index (κ1) is 17.3. The van der Waals surface area contributed by atoms with Crippen molar-refractivity contribution in [1.82, 2.24) is 5.16 Å². The van der Waals surface area contributed by atoms with Crippen LogP contribution < -0.4 is 14.2 Å². The second kappa shape index (κ2) is 6.77. The summed E-state index contributed by atoms with van der Waals surface area (Å²) in [5.41, 5.74) is 0.329. The molecule has 9 heteroatoms. The second-order valence-corrected chi connectivity index (χ2v) is 7.99. The van der Waals surface area contributed by atoms with Crippen LogP contribution in [-0.2, 0) is 10.0 Å². The first-order valence-corrected chi connectivity index (χ1v) is 9.51. The van der Waals surface area contributed by atoms with E-state index in [1.54, 1.807) is 37.3 Å². The molecule has 0 atom stereocenters. The smallest absolute Gasteiger partial charge is 0.263 e. The van der Waals surface area contributed by atoms with Crippen LogP contribution >= 0.6 is 11.3 Å². The van der Waals surface area contributed by atoms with Gasteiger partial charge in [-0.05, 0) is 25.1 Å². The third kappa shape index (κ3) is 3.47. The van der Waals surface area contributed by atoms with Crippen molar-refractivity contribution in [2.24, 2.45) is 0 Å². The summed E-state index contributed by atoms with van der Waals surface area (Å²) < 4.78 is 43.6. The summed E-state index contributed by atoms with van der Waals surface area (Å²) in [5, 5.41) is 3.64. The highest BCUT2D eigenvalue weighted by molar-refractivity contribution is 7.93. The first-order chi connectivity index (χ1) is 11.9. The van der Waals surface area contributed by atoms with Crippen molar-refractivity contribution in [3.8, 4) is 22.1 Å². The highest BCUT2D eigenvalue weighted by atomic mass is 32.2. The lowest BCUT2D eigenvalue weighted by molar-refractivity contribution is 0.395. The number of aryl methyl sites for hydroxylation is 1. The van der Waals surface area contributed by atoms with E-state index in [1.807, 2.05) is 0 Å². The van der Waals surface area contributed by atoms with Crippen molar-refractivity contribution in [3.63, 3.8) is 0 Å². The molecule has 25 heavy (non-hydrogen) atoms. The van der Waals surface area contributed by atoms with Crippen molar-refractivity contribution in [1.29, 1.82) is 0 Å². The quantitative estimate of drug-likeness (QED) is 0.703. The molecule has 3 aromatic rings. The van der Waals surface area contributed by atoms with E-state index >= 15 is 0 Å². The summed E-state index contributed by atoms with van der Waals surface area (Å²) in [4.78, 5) is 1.52. The van der Waals surface area contributed by atoms with Gasteiger partial charge in [-0.15, -0.1) is 11.3 Å². The van der Waals surface area contributed by atoms with Crippen LogP contribution in [0.3, 0.4) is 0 Å². The number of hydrogen-bond donors (Lipinski definition) is 1. The fraction of sp³-hybridized carbons (Fsp3) is 0.188. The Hall–Kier alpha value is -2.52. The molecule has 3 rings (SSSR count). The van der Waals surface area contributed by atoms with E-state index in [-0.39, 0.29) is 4.90 Å². The summed E-state index contributed by atoms with van der Waals surface area (Å²) in [6.45, 7) is 1.74. The van der Waals surface area contributed by atoms with Gasteiger partial charge in [-0.25, -0.2) is 8.42 Å². The maximum atomic E-state index is 12.8. The number of anilines is 1. The SMILES string of the molecule is COc1ccc(NS(=O)(=O)c2cc(-c3ccno3)sc2C)c(OC)c1. The van der Waals surface area contributed by atoms with Gasteiger partial charge in [0.15, 0.2) is 5.76 Å². The van der Waals surface area contributed by atoms with Crippen molar-refractivity contribution in [2.45, 2.75) is 11.8 Å². The Labute approximate surface area is 149 Å². The molecule has 132 valence electrons. The molecule has 1 N–H and O–H groups in total. The van der Waals surface area contributed by atoms with Crippen molar-refractivity contribution < 1.29 is 22.4 Å². The molecule has 0 aliphatic heterocycles. The molecule has 0 radical (unpaired) electrons. The van der Waals surface area contributed by atoms with Gasteiger partial charge in [0.05, 0.1) is 31.0 Å². The molecule has 1 aromatic carbocycles. The van der Waals surface area contributed by atoms with E-state index < -0.39 is 10.0 Å². The molecule has 7 nitrogen and oxygen atoms in total. The number of benzene rings is 1. The Morgan fingerprint density at radius 1 is 1.16 bits per heavy atom. The van der Waals surface area contributed by atoms with E-state index in [0.29, 0.717) is 32.7 Å². The predicted octanol–water partition coefficient (Wildman–Crippen LogP) is 3.53. The zero-order valence-corrected chi connectivity index (χ0v) is 15.4. The molecule has 0 saturated heterocycles. The molecule has 0 saturated carbocycles. The number of thiophene rings is 1. The topological polar surface area (TPSA) is 90.7 Å². The van der Waals surface area contributed by atoms with Crippen LogP contribution in [0.5, 0.6) is 11.5 Å². The minimum absolute atomic E-state index is 0.182. The molecule has 2 aromatic heterocycles. The van der Waals surface area contributed by atoms with Gasteiger partial charge in [-0.1, -0.05) is 5.16 Å². The van der Waals surface area contributed by atoms with Gasteiger partial charge in [0.2, 0.25) is 0 Å². The number of methoxy groups -OCH3 is 2. The van der Waals surface area contributed by atoms with Crippen molar-refractivity contribution in [2.75, 3.05) is 18.9 Å². The number of rotatable bonds is 6. The average molecular weight is 380 g/mol. The molecule has 0 aliphatic carbocycles. The van der Waals surface area contributed by atoms with Crippen LogP contribution in [0, 0.1) is 6.92 Å². The number of aromatic nitrogens is 1. The molecule has 0 amide bonds. The van der Waals surface area contributed by atoms with E-state index in [1.165, 1.54) is 31.8 Å². The molecule has 0 aliphatic rings. The van der Waals surface area contributed by atoms with E-state index in [9.17, 15) is 8.42 Å². The molecule has 2 heterocycles. The Morgan fingerprint density at radius 2 is 1.96 bits per heavy atom. The summed E-state index contributed by atoms with van der Waals surface area (Å²) in [6, 6.07) is 8.10. The minimum Gasteiger partial charge on any atom is -0.497 e. The Bertz CT molecular complexity index is 978. The average Bonchev–Trinajstić information content (AvgIpc) is 3.24. The minimum atomic E-state index is -3.79. The summed E-state index contributed by atoms with van der Waals surface area (Å²) in [6.07, 6.45) is 1.51. The van der Waals surface area contributed by atoms with Gasteiger partial charge >= 0.3 is 0 Å². The van der Waals surface area contributed by atoms with Gasteiger partial charge in [0.1, 0.15) is 16.4 Å². The highest BCUT2D eigenvalue weighted by Crippen LogP contribution is 2.36. The summed E-state index contributed by atoms with van der Waals surface area (Å²) in [7, 11) is -0.800. The predicted molar refractivity (Wildman–Crippen MR) is 94.9 cm³/mol. The van der Waals surface area contributed by atoms with Crippen molar-refractivity contribution in [3.05, 3.63) is 41.4 Å². The Balaban J connectivity index is 1.95. The summed E-state index contributed by atoms with van der Waals surface area (Å²) in [5.74, 6) is 1.46. The van der Waals surface area contributed by atoms with Crippen LogP contribution in [-0.4, -0.2) is 27.8 Å². The zero-order valence-electron chi connectivity index (χ0n) is 13.8. The van der Waals surface area contributed by atoms with Crippen molar-refractivity contribution >= 4 is 27.0 Å². The Morgan fingerprint density at radius 3 is 2.60 bits per heavy atom. The lowest BCUT2D eigenvalue weighted by Crippen LogP contribution is -2.13. The summed E-state index contributed by atoms with van der Waals surface area (Å²) >= 11 is 1.32. The van der Waals surface area contributed by atoms with Crippen LogP contribution in [0.25, 0.3) is 10.6 Å². The van der Waals surface area contributed by atoms with Gasteiger partial charge in [-0.3, -0.25) is 4.72 Å². The Kier molecular flexibility index (Phi) is 4.69. The van der Waals surface area contributed by atoms with E-state index in [0.717, 1.165) is 0 Å². The molecule has 0 unspecified atom stereocenters. The van der Waals surface area contributed by atoms with E-state index in [4.69, 9.17) is 14.0 Å². The molecule has 0 fully saturated rings. The number of sulfonamides is 1. The number of ether oxygens (including phenoxy) is 2. The fourth-order valence-electron chi connectivity index (χ4n) is 2.28. The number of hydrogen-bond acceptors (Lipinski definition) is 7. The molecular formula is C16H16N2O5S2. The maximum absolute atomic E-state index is 12.8. The van der Waals surface area contributed by atoms with E-state index in [2.05, 4.69) is 9.88 Å². The van der Waals surface area contributed by atoms with Crippen LogP contribution in [0.2, 0.25) is 0 Å². The van der Waals surface area contributed by atoms with Gasteiger partial charge < -0.3 is 14.0 Å². The first-order valence-electron chi connectivity index (χ1n) is 7.21. The normalized spacial score (nSPS) is 11.3. The molecule has 0 spiro atoms. The molecular weight excluding hydrogens is 364 g/mol. The lowest BCUT2D eigenvalue weighted by Gasteiger charge is -2.12. The van der Waals surface area contributed by atoms with Crippen LogP contribution in [0.4, 0.5) is 5.69 Å². The van der Waals surface area contributed by atoms with Gasteiger partial charge in [0.25, 0.3) is 10.0 Å². The van der Waals surface area contributed by atoms with Gasteiger partial charge in [-0.2, -0.15) is 0 Å². The lowest BCUT2D eigenvalue weighted by atomic mass is 10.3. The second-order valence-electron chi connectivity index (χ2n) is 5.08. The maximum Gasteiger partial charge on any atom is 0.263 e.